The molecule has 5 rings (SSSR count). The molecule has 1 aromatic carbocycles. The Morgan fingerprint density at radius 3 is 2.82 bits per heavy atom. The molecule has 0 fully saturated rings. The first-order valence-electron chi connectivity index (χ1n) is 9.95. The summed E-state index contributed by atoms with van der Waals surface area (Å²) in [5.41, 5.74) is 7.79. The summed E-state index contributed by atoms with van der Waals surface area (Å²) in [5, 5.41) is 0. The molecule has 0 saturated heterocycles. The minimum atomic E-state index is 0.848. The molecule has 3 aromatic rings. The Morgan fingerprint density at radius 2 is 1.96 bits per heavy atom. The molecule has 4 heterocycles. The average Bonchev–Trinajstić information content (AvgIpc) is 3.23. The highest BCUT2D eigenvalue weighted by molar-refractivity contribution is 7.10. The highest BCUT2D eigenvalue weighted by atomic mass is 32.1. The van der Waals surface area contributed by atoms with Crippen molar-refractivity contribution in [1.82, 2.24) is 19.9 Å². The second-order valence-electron chi connectivity index (χ2n) is 7.40. The maximum Gasteiger partial charge on any atom is 0.173 e. The van der Waals surface area contributed by atoms with Crippen molar-refractivity contribution in [2.24, 2.45) is 4.99 Å². The van der Waals surface area contributed by atoms with Gasteiger partial charge in [0.15, 0.2) is 5.82 Å². The molecule has 0 spiro atoms. The highest BCUT2D eigenvalue weighted by Crippen LogP contribution is 2.28. The zero-order chi connectivity index (χ0) is 18.8. The van der Waals surface area contributed by atoms with Gasteiger partial charge < -0.3 is 0 Å². The van der Waals surface area contributed by atoms with Gasteiger partial charge in [-0.1, -0.05) is 30.3 Å². The molecule has 0 aliphatic carbocycles. The van der Waals surface area contributed by atoms with Crippen molar-refractivity contribution in [1.29, 1.82) is 0 Å². The summed E-state index contributed by atoms with van der Waals surface area (Å²) in [6.07, 6.45) is 6.39. The molecule has 0 N–H and O–H groups in total. The molecule has 6 heteroatoms. The minimum Gasteiger partial charge on any atom is -0.293 e. The predicted octanol–water partition coefficient (Wildman–Crippen LogP) is 4.13. The van der Waals surface area contributed by atoms with Gasteiger partial charge in [0.05, 0.1) is 22.6 Å². The molecule has 0 radical (unpaired) electrons. The maximum atomic E-state index is 4.86. The van der Waals surface area contributed by atoms with Crippen molar-refractivity contribution in [2.75, 3.05) is 13.1 Å². The first kappa shape index (κ1) is 17.6. The van der Waals surface area contributed by atoms with Crippen LogP contribution in [-0.4, -0.2) is 38.7 Å². The molecular weight excluding hydrogens is 366 g/mol. The van der Waals surface area contributed by atoms with Crippen LogP contribution in [0.25, 0.3) is 11.3 Å². The zero-order valence-electron chi connectivity index (χ0n) is 15.8. The van der Waals surface area contributed by atoms with E-state index in [-0.39, 0.29) is 0 Å². The number of hydrogen-bond acceptors (Lipinski definition) is 6. The van der Waals surface area contributed by atoms with Crippen LogP contribution in [0.2, 0.25) is 0 Å². The number of benzene rings is 1. The Morgan fingerprint density at radius 1 is 1.04 bits per heavy atom. The zero-order valence-corrected chi connectivity index (χ0v) is 16.7. The fourth-order valence-corrected chi connectivity index (χ4v) is 4.77. The highest BCUT2D eigenvalue weighted by Gasteiger charge is 2.22. The molecule has 0 saturated carbocycles. The van der Waals surface area contributed by atoms with Crippen molar-refractivity contribution < 1.29 is 0 Å². The van der Waals surface area contributed by atoms with Gasteiger partial charge >= 0.3 is 0 Å². The van der Waals surface area contributed by atoms with E-state index in [1.165, 1.54) is 34.5 Å². The quantitative estimate of drug-likeness (QED) is 0.673. The largest absolute Gasteiger partial charge is 0.293 e. The molecule has 0 unspecified atom stereocenters. The van der Waals surface area contributed by atoms with E-state index in [4.69, 9.17) is 4.98 Å². The Labute approximate surface area is 169 Å². The molecule has 0 amide bonds. The Hall–Kier alpha value is -2.44. The third kappa shape index (κ3) is 3.62. The SMILES string of the molecule is c1ccc(-c2ncsc2CN2CCc3nc(C4=NCCCC4)ncc3C2)cc1. The van der Waals surface area contributed by atoms with Crippen LogP contribution in [0.3, 0.4) is 0 Å². The van der Waals surface area contributed by atoms with Gasteiger partial charge in [-0.05, 0) is 19.3 Å². The van der Waals surface area contributed by atoms with E-state index >= 15 is 0 Å². The first-order chi connectivity index (χ1) is 13.9. The van der Waals surface area contributed by atoms with Gasteiger partial charge in [0.25, 0.3) is 0 Å². The fraction of sp³-hybridized carbons (Fsp3) is 0.364. The summed E-state index contributed by atoms with van der Waals surface area (Å²) in [6, 6.07) is 10.5. The number of nitrogens with zero attached hydrogens (tertiary/aromatic N) is 5. The molecule has 0 bridgehead atoms. The van der Waals surface area contributed by atoms with Gasteiger partial charge in [0, 0.05) is 54.8 Å². The van der Waals surface area contributed by atoms with Gasteiger partial charge in [-0.2, -0.15) is 0 Å². The maximum absolute atomic E-state index is 4.86. The molecule has 28 heavy (non-hydrogen) atoms. The third-order valence-corrected chi connectivity index (χ3v) is 6.27. The van der Waals surface area contributed by atoms with Gasteiger partial charge in [-0.3, -0.25) is 9.89 Å². The van der Waals surface area contributed by atoms with E-state index in [2.05, 4.69) is 44.1 Å². The van der Waals surface area contributed by atoms with E-state index in [1.54, 1.807) is 11.3 Å². The molecule has 5 nitrogen and oxygen atoms in total. The van der Waals surface area contributed by atoms with Gasteiger partial charge in [-0.15, -0.1) is 11.3 Å². The topological polar surface area (TPSA) is 54.3 Å². The summed E-state index contributed by atoms with van der Waals surface area (Å²) >= 11 is 1.74. The second-order valence-corrected chi connectivity index (χ2v) is 8.34. The van der Waals surface area contributed by atoms with Crippen LogP contribution in [0.5, 0.6) is 0 Å². The fourth-order valence-electron chi connectivity index (χ4n) is 3.95. The Kier molecular flexibility index (Phi) is 4.97. The van der Waals surface area contributed by atoms with Crippen molar-refractivity contribution in [3.05, 3.63) is 64.0 Å². The standard InChI is InChI=1S/C22H23N5S/c1-2-6-16(7-3-1)21-20(28-15-25-21)14-27-11-9-18-17(13-27)12-24-22(26-18)19-8-4-5-10-23-19/h1-3,6-7,12,15H,4-5,8-11,13-14H2. The number of aromatic nitrogens is 3. The summed E-state index contributed by atoms with van der Waals surface area (Å²) in [4.78, 5) is 22.5. The molecule has 0 atom stereocenters. The lowest BCUT2D eigenvalue weighted by atomic mass is 10.0. The van der Waals surface area contributed by atoms with Crippen LogP contribution in [0, 0.1) is 0 Å². The summed E-state index contributed by atoms with van der Waals surface area (Å²) in [5.74, 6) is 0.848. The number of fused-ring (bicyclic) bond motifs is 1. The van der Waals surface area contributed by atoms with Crippen molar-refractivity contribution >= 4 is 17.0 Å². The average molecular weight is 390 g/mol. The first-order valence-corrected chi connectivity index (χ1v) is 10.8. The lowest BCUT2D eigenvalue weighted by Gasteiger charge is -2.28. The Balaban J connectivity index is 1.32. The van der Waals surface area contributed by atoms with Crippen LogP contribution in [0.15, 0.2) is 47.0 Å². The van der Waals surface area contributed by atoms with E-state index in [0.29, 0.717) is 0 Å². The smallest absolute Gasteiger partial charge is 0.173 e. The summed E-state index contributed by atoms with van der Waals surface area (Å²) in [7, 11) is 0. The molecule has 2 aromatic heterocycles. The van der Waals surface area contributed by atoms with Crippen molar-refractivity contribution in [2.45, 2.75) is 38.8 Å². The molecule has 2 aliphatic heterocycles. The van der Waals surface area contributed by atoms with E-state index < -0.39 is 0 Å². The van der Waals surface area contributed by atoms with Crippen LogP contribution in [0.4, 0.5) is 0 Å². The van der Waals surface area contributed by atoms with Crippen LogP contribution < -0.4 is 0 Å². The van der Waals surface area contributed by atoms with E-state index in [0.717, 1.165) is 56.3 Å². The molecular formula is C22H23N5S. The van der Waals surface area contributed by atoms with Gasteiger partial charge in [0.2, 0.25) is 0 Å². The minimum absolute atomic E-state index is 0.848. The lowest BCUT2D eigenvalue weighted by Crippen LogP contribution is -2.31. The third-order valence-electron chi connectivity index (χ3n) is 5.45. The number of hydrogen-bond donors (Lipinski definition) is 0. The second kappa shape index (κ2) is 7.89. The monoisotopic (exact) mass is 389 g/mol. The van der Waals surface area contributed by atoms with E-state index in [9.17, 15) is 0 Å². The van der Waals surface area contributed by atoms with E-state index in [1.807, 2.05) is 17.8 Å². The van der Waals surface area contributed by atoms with Crippen LogP contribution in [0.1, 0.15) is 41.2 Å². The normalized spacial score (nSPS) is 17.2. The molecule has 2 aliphatic rings. The summed E-state index contributed by atoms with van der Waals surface area (Å²) in [6.45, 7) is 3.75. The molecule has 142 valence electrons. The Bertz CT molecular complexity index is 995. The summed E-state index contributed by atoms with van der Waals surface area (Å²) < 4.78 is 0. The van der Waals surface area contributed by atoms with Crippen LogP contribution >= 0.6 is 11.3 Å². The van der Waals surface area contributed by atoms with Gasteiger partial charge in [-0.25, -0.2) is 15.0 Å². The number of aliphatic imine (C=N–C) groups is 1. The predicted molar refractivity (Wildman–Crippen MR) is 113 cm³/mol. The van der Waals surface area contributed by atoms with Crippen molar-refractivity contribution in [3.8, 4) is 11.3 Å². The van der Waals surface area contributed by atoms with Gasteiger partial charge in [0.1, 0.15) is 0 Å². The van der Waals surface area contributed by atoms with Crippen LogP contribution in [-0.2, 0) is 19.5 Å². The lowest BCUT2D eigenvalue weighted by molar-refractivity contribution is 0.245. The number of thiazole rings is 1. The van der Waals surface area contributed by atoms with Crippen molar-refractivity contribution in [3.63, 3.8) is 0 Å². The number of rotatable bonds is 4.